The van der Waals surface area contributed by atoms with Crippen LogP contribution < -0.4 is 5.32 Å². The lowest BCUT2D eigenvalue weighted by atomic mass is 10.2. The van der Waals surface area contributed by atoms with Crippen LogP contribution in [0.1, 0.15) is 24.3 Å². The molecule has 0 saturated heterocycles. The van der Waals surface area contributed by atoms with E-state index in [9.17, 15) is 13.2 Å². The second kappa shape index (κ2) is 4.93. The van der Waals surface area contributed by atoms with E-state index in [4.69, 9.17) is 5.11 Å². The summed E-state index contributed by atoms with van der Waals surface area (Å²) in [4.78, 5) is 14.7. The highest BCUT2D eigenvalue weighted by atomic mass is 32.2. The molecule has 7 heteroatoms. The maximum Gasteiger partial charge on any atom is 0.356 e. The molecule has 18 heavy (non-hydrogen) atoms. The van der Waals surface area contributed by atoms with Crippen molar-refractivity contribution in [3.05, 3.63) is 24.0 Å². The fraction of sp³-hybridized carbons (Fsp3) is 0.455. The molecule has 1 aromatic heterocycles. The maximum absolute atomic E-state index is 11.5. The van der Waals surface area contributed by atoms with Crippen LogP contribution >= 0.6 is 0 Å². The highest BCUT2D eigenvalue weighted by molar-refractivity contribution is 7.92. The van der Waals surface area contributed by atoms with E-state index in [1.807, 2.05) is 0 Å². The Morgan fingerprint density at radius 2 is 2.11 bits per heavy atom. The van der Waals surface area contributed by atoms with Crippen molar-refractivity contribution in [2.45, 2.75) is 18.6 Å². The number of anilines is 1. The number of carbonyl (C=O) groups is 1. The summed E-state index contributed by atoms with van der Waals surface area (Å²) in [6, 6.07) is 3.14. The van der Waals surface area contributed by atoms with E-state index in [0.29, 0.717) is 5.69 Å². The molecule has 6 nitrogen and oxygen atoms in total. The molecular weight excluding hydrogens is 256 g/mol. The zero-order chi connectivity index (χ0) is 14.0. The van der Waals surface area contributed by atoms with E-state index in [1.165, 1.54) is 6.20 Å². The van der Waals surface area contributed by atoms with Crippen molar-refractivity contribution in [2.75, 3.05) is 18.1 Å². The van der Waals surface area contributed by atoms with Gasteiger partial charge in [-0.15, -0.1) is 0 Å². The zero-order valence-electron chi connectivity index (χ0n) is 10.5. The number of pyridine rings is 1. The summed E-state index contributed by atoms with van der Waals surface area (Å²) in [5.74, 6) is -1.16. The van der Waals surface area contributed by atoms with Crippen molar-refractivity contribution < 1.29 is 18.3 Å². The van der Waals surface area contributed by atoms with Gasteiger partial charge < -0.3 is 10.4 Å². The molecule has 0 unspecified atom stereocenters. The Hall–Kier alpha value is -1.63. The molecule has 100 valence electrons. The van der Waals surface area contributed by atoms with Gasteiger partial charge in [0.2, 0.25) is 0 Å². The number of sulfone groups is 1. The van der Waals surface area contributed by atoms with Crippen LogP contribution in [0.3, 0.4) is 0 Å². The maximum atomic E-state index is 11.5. The van der Waals surface area contributed by atoms with Gasteiger partial charge in [0.1, 0.15) is 0 Å². The van der Waals surface area contributed by atoms with Gasteiger partial charge in [-0.2, -0.15) is 0 Å². The molecule has 0 saturated carbocycles. The average molecular weight is 272 g/mol. The first-order valence-electron chi connectivity index (χ1n) is 5.27. The first-order chi connectivity index (χ1) is 8.15. The smallest absolute Gasteiger partial charge is 0.356 e. The quantitative estimate of drug-likeness (QED) is 0.830. The Morgan fingerprint density at radius 1 is 1.50 bits per heavy atom. The van der Waals surface area contributed by atoms with Gasteiger partial charge in [-0.3, -0.25) is 0 Å². The predicted octanol–water partition coefficient (Wildman–Crippen LogP) is 1.01. The van der Waals surface area contributed by atoms with Crippen molar-refractivity contribution in [3.63, 3.8) is 0 Å². The third-order valence-corrected chi connectivity index (χ3v) is 4.87. The fourth-order valence-corrected chi connectivity index (χ4v) is 1.49. The molecule has 2 N–H and O–H groups in total. The van der Waals surface area contributed by atoms with Crippen LogP contribution in [-0.2, 0) is 9.84 Å². The van der Waals surface area contributed by atoms with Gasteiger partial charge in [-0.1, -0.05) is 0 Å². The second-order valence-electron chi connectivity index (χ2n) is 4.59. The zero-order valence-corrected chi connectivity index (χ0v) is 11.3. The van der Waals surface area contributed by atoms with Crippen molar-refractivity contribution in [1.82, 2.24) is 4.98 Å². The lowest BCUT2D eigenvalue weighted by molar-refractivity contribution is 0.0691. The Morgan fingerprint density at radius 3 is 2.61 bits per heavy atom. The van der Waals surface area contributed by atoms with Crippen molar-refractivity contribution in [1.29, 1.82) is 0 Å². The van der Waals surface area contributed by atoms with Gasteiger partial charge in [-0.25, -0.2) is 18.2 Å². The molecule has 1 heterocycles. The van der Waals surface area contributed by atoms with E-state index in [2.05, 4.69) is 10.3 Å². The number of aromatic carboxylic acids is 1. The minimum absolute atomic E-state index is 0.109. The van der Waals surface area contributed by atoms with E-state index in [-0.39, 0.29) is 12.2 Å². The number of carboxylic acids is 1. The molecule has 0 atom stereocenters. The van der Waals surface area contributed by atoms with Crippen LogP contribution in [0.4, 0.5) is 5.69 Å². The van der Waals surface area contributed by atoms with E-state index < -0.39 is 20.6 Å². The third-order valence-electron chi connectivity index (χ3n) is 2.72. The molecule has 0 fully saturated rings. The highest BCUT2D eigenvalue weighted by Gasteiger charge is 2.30. The summed E-state index contributed by atoms with van der Waals surface area (Å²) < 4.78 is 22.1. The standard InChI is InChI=1S/C11H16N2O4S/c1-11(2,18(3,16)17)7-13-8-5-4-6-12-9(8)10(14)15/h4-6,13H,7H2,1-3H3,(H,14,15). The van der Waals surface area contributed by atoms with E-state index >= 15 is 0 Å². The predicted molar refractivity (Wildman–Crippen MR) is 68.6 cm³/mol. The molecular formula is C11H16N2O4S. The number of aromatic nitrogens is 1. The minimum Gasteiger partial charge on any atom is -0.476 e. The number of carboxylic acid groups (broad SMARTS) is 1. The van der Waals surface area contributed by atoms with E-state index in [1.54, 1.807) is 26.0 Å². The highest BCUT2D eigenvalue weighted by Crippen LogP contribution is 2.18. The summed E-state index contributed by atoms with van der Waals surface area (Å²) >= 11 is 0. The van der Waals surface area contributed by atoms with Gasteiger partial charge in [-0.05, 0) is 26.0 Å². The Labute approximate surface area is 106 Å². The summed E-state index contributed by atoms with van der Waals surface area (Å²) in [6.07, 6.45) is 2.52. The largest absolute Gasteiger partial charge is 0.476 e. The van der Waals surface area contributed by atoms with Crippen LogP contribution in [0, 0.1) is 0 Å². The van der Waals surface area contributed by atoms with Gasteiger partial charge in [0.25, 0.3) is 0 Å². The Kier molecular flexibility index (Phi) is 3.95. The van der Waals surface area contributed by atoms with Crippen molar-refractivity contribution in [2.24, 2.45) is 0 Å². The Balaban J connectivity index is 2.91. The number of nitrogens with one attached hydrogen (secondary N) is 1. The van der Waals surface area contributed by atoms with Crippen molar-refractivity contribution in [3.8, 4) is 0 Å². The number of hydrogen-bond acceptors (Lipinski definition) is 5. The van der Waals surface area contributed by atoms with Crippen LogP contribution in [0.25, 0.3) is 0 Å². The Bertz CT molecular complexity index is 552. The van der Waals surface area contributed by atoms with Gasteiger partial charge in [0, 0.05) is 19.0 Å². The lowest BCUT2D eigenvalue weighted by Crippen LogP contribution is -2.38. The fourth-order valence-electron chi connectivity index (χ4n) is 1.16. The normalized spacial score (nSPS) is 12.2. The molecule has 0 aliphatic carbocycles. The summed E-state index contributed by atoms with van der Waals surface area (Å²) in [5.41, 5.74) is 0.184. The SMILES string of the molecule is CC(C)(CNc1cccnc1C(=O)O)S(C)(=O)=O. The van der Waals surface area contributed by atoms with Crippen LogP contribution in [-0.4, -0.2) is 42.0 Å². The molecule has 1 rings (SSSR count). The van der Waals surface area contributed by atoms with Gasteiger partial charge in [0.05, 0.1) is 10.4 Å². The summed E-state index contributed by atoms with van der Waals surface area (Å²) in [6.45, 7) is 3.26. The molecule has 0 aromatic carbocycles. The molecule has 0 radical (unpaired) electrons. The lowest BCUT2D eigenvalue weighted by Gasteiger charge is -2.23. The second-order valence-corrected chi connectivity index (χ2v) is 7.24. The monoisotopic (exact) mass is 272 g/mol. The van der Waals surface area contributed by atoms with Crippen LogP contribution in [0.2, 0.25) is 0 Å². The van der Waals surface area contributed by atoms with Gasteiger partial charge >= 0.3 is 5.97 Å². The van der Waals surface area contributed by atoms with E-state index in [0.717, 1.165) is 6.26 Å². The molecule has 1 aromatic rings. The number of rotatable bonds is 5. The van der Waals surface area contributed by atoms with Crippen LogP contribution in [0.5, 0.6) is 0 Å². The third kappa shape index (κ3) is 3.19. The molecule has 0 amide bonds. The first-order valence-corrected chi connectivity index (χ1v) is 7.16. The van der Waals surface area contributed by atoms with Gasteiger partial charge in [0.15, 0.2) is 15.5 Å². The molecule has 0 aliphatic heterocycles. The minimum atomic E-state index is -3.24. The first kappa shape index (κ1) is 14.4. The summed E-state index contributed by atoms with van der Waals surface area (Å²) in [5, 5.41) is 11.8. The summed E-state index contributed by atoms with van der Waals surface area (Å²) in [7, 11) is -3.24. The van der Waals surface area contributed by atoms with Crippen molar-refractivity contribution >= 4 is 21.5 Å². The average Bonchev–Trinajstić information content (AvgIpc) is 2.25. The molecule has 0 aliphatic rings. The van der Waals surface area contributed by atoms with Crippen LogP contribution in [0.15, 0.2) is 18.3 Å². The number of nitrogens with zero attached hydrogens (tertiary/aromatic N) is 1. The molecule has 0 spiro atoms. The molecule has 0 bridgehead atoms. The number of hydrogen-bond donors (Lipinski definition) is 2. The topological polar surface area (TPSA) is 96.4 Å².